The molecule has 1 aromatic carbocycles. The van der Waals surface area contributed by atoms with Crippen LogP contribution in [0.3, 0.4) is 0 Å². The van der Waals surface area contributed by atoms with Gasteiger partial charge in [0.25, 0.3) is 0 Å². The number of rotatable bonds is 1. The minimum absolute atomic E-state index is 0.193. The lowest BCUT2D eigenvalue weighted by Gasteiger charge is -2.47. The average Bonchev–Trinajstić information content (AvgIpc) is 2.44. The van der Waals surface area contributed by atoms with Crippen molar-refractivity contribution in [2.45, 2.75) is 56.4 Å². The van der Waals surface area contributed by atoms with Gasteiger partial charge in [-0.05, 0) is 37.3 Å². The second-order valence-electron chi connectivity index (χ2n) is 5.86. The number of fused-ring (bicyclic) bond motifs is 2. The molecule has 1 spiro atoms. The van der Waals surface area contributed by atoms with Gasteiger partial charge in [-0.1, -0.05) is 31.4 Å². The summed E-state index contributed by atoms with van der Waals surface area (Å²) in [5.74, 6) is 1.06. The molecule has 18 heavy (non-hydrogen) atoms. The van der Waals surface area contributed by atoms with E-state index < -0.39 is 0 Å². The molecule has 3 rings (SSSR count). The Kier molecular flexibility index (Phi) is 3.06. The topological polar surface area (TPSA) is 35.2 Å². The molecule has 2 aliphatic carbocycles. The van der Waals surface area contributed by atoms with Crippen LogP contribution in [0.15, 0.2) is 18.2 Å². The van der Waals surface area contributed by atoms with Gasteiger partial charge in [-0.3, -0.25) is 0 Å². The van der Waals surface area contributed by atoms with Crippen LogP contribution >= 0.6 is 0 Å². The molecular weight excluding hydrogens is 222 g/mol. The lowest BCUT2D eigenvalue weighted by atomic mass is 9.60. The highest BCUT2D eigenvalue weighted by atomic mass is 16.5. The molecule has 0 bridgehead atoms. The molecular formula is C16H23NO. The predicted octanol–water partition coefficient (Wildman–Crippen LogP) is 3.17. The van der Waals surface area contributed by atoms with Gasteiger partial charge in [-0.2, -0.15) is 0 Å². The van der Waals surface area contributed by atoms with Gasteiger partial charge in [0.05, 0.1) is 7.11 Å². The second-order valence-corrected chi connectivity index (χ2v) is 5.86. The van der Waals surface area contributed by atoms with E-state index in [-0.39, 0.29) is 5.41 Å². The summed E-state index contributed by atoms with van der Waals surface area (Å²) in [6.45, 7) is 0. The van der Waals surface area contributed by atoms with Gasteiger partial charge in [-0.15, -0.1) is 0 Å². The van der Waals surface area contributed by atoms with Crippen LogP contribution in [0.4, 0.5) is 0 Å². The minimum Gasteiger partial charge on any atom is -0.496 e. The van der Waals surface area contributed by atoms with Crippen molar-refractivity contribution in [2.24, 2.45) is 5.73 Å². The third-order valence-electron chi connectivity index (χ3n) is 5.01. The summed E-state index contributed by atoms with van der Waals surface area (Å²) in [4.78, 5) is 0. The molecule has 0 heterocycles. The zero-order valence-corrected chi connectivity index (χ0v) is 11.2. The van der Waals surface area contributed by atoms with Crippen molar-refractivity contribution < 1.29 is 4.74 Å². The molecule has 2 aliphatic rings. The lowest BCUT2D eigenvalue weighted by molar-refractivity contribution is 0.213. The quantitative estimate of drug-likeness (QED) is 0.824. The van der Waals surface area contributed by atoms with E-state index in [9.17, 15) is 0 Å². The maximum absolute atomic E-state index is 6.53. The first-order valence-electron chi connectivity index (χ1n) is 7.20. The molecule has 1 aromatic rings. The summed E-state index contributed by atoms with van der Waals surface area (Å²) >= 11 is 0. The van der Waals surface area contributed by atoms with Crippen LogP contribution in [0.25, 0.3) is 0 Å². The van der Waals surface area contributed by atoms with Crippen LogP contribution in [0.1, 0.15) is 49.7 Å². The minimum atomic E-state index is 0.193. The van der Waals surface area contributed by atoms with Crippen molar-refractivity contribution in [3.05, 3.63) is 29.3 Å². The van der Waals surface area contributed by atoms with Crippen LogP contribution < -0.4 is 10.5 Å². The fourth-order valence-corrected chi connectivity index (χ4v) is 4.10. The van der Waals surface area contributed by atoms with Crippen molar-refractivity contribution in [1.29, 1.82) is 0 Å². The van der Waals surface area contributed by atoms with E-state index in [2.05, 4.69) is 18.2 Å². The molecule has 1 atom stereocenters. The Morgan fingerprint density at radius 3 is 2.72 bits per heavy atom. The second kappa shape index (κ2) is 4.58. The number of methoxy groups -OCH3 is 1. The first-order chi connectivity index (χ1) is 8.78. The summed E-state index contributed by atoms with van der Waals surface area (Å²) in [6, 6.07) is 6.79. The highest BCUT2D eigenvalue weighted by molar-refractivity contribution is 5.49. The first kappa shape index (κ1) is 12.0. The Hall–Kier alpha value is -1.02. The average molecular weight is 245 g/mol. The normalized spacial score (nSPS) is 25.8. The van der Waals surface area contributed by atoms with E-state index in [1.807, 2.05) is 0 Å². The third-order valence-corrected chi connectivity index (χ3v) is 5.01. The van der Waals surface area contributed by atoms with Gasteiger partial charge in [0.2, 0.25) is 0 Å². The SMILES string of the molecule is COc1cccc2c1C1(CCCCC1)C(N)CC2. The van der Waals surface area contributed by atoms with Crippen molar-refractivity contribution >= 4 is 0 Å². The summed E-state index contributed by atoms with van der Waals surface area (Å²) in [5.41, 5.74) is 9.63. The van der Waals surface area contributed by atoms with Crippen LogP contribution in [0, 0.1) is 0 Å². The highest BCUT2D eigenvalue weighted by Crippen LogP contribution is 2.50. The number of aryl methyl sites for hydroxylation is 1. The number of nitrogens with two attached hydrogens (primary N) is 1. The van der Waals surface area contributed by atoms with E-state index in [0.29, 0.717) is 6.04 Å². The van der Waals surface area contributed by atoms with Crippen molar-refractivity contribution in [1.82, 2.24) is 0 Å². The highest BCUT2D eigenvalue weighted by Gasteiger charge is 2.44. The maximum Gasteiger partial charge on any atom is 0.122 e. The fourth-order valence-electron chi connectivity index (χ4n) is 4.10. The Bertz CT molecular complexity index is 420. The van der Waals surface area contributed by atoms with Crippen molar-refractivity contribution in [3.63, 3.8) is 0 Å². The van der Waals surface area contributed by atoms with Crippen molar-refractivity contribution in [2.75, 3.05) is 7.11 Å². The van der Waals surface area contributed by atoms with E-state index >= 15 is 0 Å². The van der Waals surface area contributed by atoms with Crippen molar-refractivity contribution in [3.8, 4) is 5.75 Å². The molecule has 1 unspecified atom stereocenters. The lowest BCUT2D eigenvalue weighted by Crippen LogP contribution is -2.50. The van der Waals surface area contributed by atoms with Gasteiger partial charge < -0.3 is 10.5 Å². The molecule has 0 aromatic heterocycles. The van der Waals surface area contributed by atoms with Gasteiger partial charge in [0.15, 0.2) is 0 Å². The Morgan fingerprint density at radius 2 is 2.00 bits per heavy atom. The number of hydrogen-bond acceptors (Lipinski definition) is 2. The monoisotopic (exact) mass is 245 g/mol. The van der Waals surface area contributed by atoms with Crippen LogP contribution in [-0.2, 0) is 11.8 Å². The molecule has 0 radical (unpaired) electrons. The molecule has 2 N–H and O–H groups in total. The van der Waals surface area contributed by atoms with Crippen LogP contribution in [0.5, 0.6) is 5.75 Å². The van der Waals surface area contributed by atoms with Gasteiger partial charge in [0, 0.05) is 17.0 Å². The number of benzene rings is 1. The fraction of sp³-hybridized carbons (Fsp3) is 0.625. The largest absolute Gasteiger partial charge is 0.496 e. The van der Waals surface area contributed by atoms with Gasteiger partial charge in [-0.25, -0.2) is 0 Å². The van der Waals surface area contributed by atoms with E-state index in [0.717, 1.165) is 18.6 Å². The molecule has 0 aliphatic heterocycles. The third kappa shape index (κ3) is 1.66. The van der Waals surface area contributed by atoms with E-state index in [4.69, 9.17) is 10.5 Å². The summed E-state index contributed by atoms with van der Waals surface area (Å²) in [6.07, 6.45) is 8.69. The Labute approximate surface area is 110 Å². The van der Waals surface area contributed by atoms with E-state index in [1.165, 1.54) is 43.2 Å². The summed E-state index contributed by atoms with van der Waals surface area (Å²) in [7, 11) is 1.78. The molecule has 2 nitrogen and oxygen atoms in total. The zero-order chi connectivity index (χ0) is 12.6. The number of hydrogen-bond donors (Lipinski definition) is 1. The molecule has 1 saturated carbocycles. The zero-order valence-electron chi connectivity index (χ0n) is 11.2. The predicted molar refractivity (Wildman–Crippen MR) is 74.1 cm³/mol. The van der Waals surface area contributed by atoms with Crippen LogP contribution in [-0.4, -0.2) is 13.2 Å². The first-order valence-corrected chi connectivity index (χ1v) is 7.20. The molecule has 1 fully saturated rings. The smallest absolute Gasteiger partial charge is 0.122 e. The summed E-state index contributed by atoms with van der Waals surface area (Å²) in [5, 5.41) is 0. The molecule has 0 amide bonds. The maximum atomic E-state index is 6.53. The Balaban J connectivity index is 2.15. The van der Waals surface area contributed by atoms with Gasteiger partial charge in [0.1, 0.15) is 5.75 Å². The molecule has 2 heteroatoms. The number of ether oxygens (including phenoxy) is 1. The van der Waals surface area contributed by atoms with Gasteiger partial charge >= 0.3 is 0 Å². The van der Waals surface area contributed by atoms with Crippen LogP contribution in [0.2, 0.25) is 0 Å². The Morgan fingerprint density at radius 1 is 1.22 bits per heavy atom. The standard InChI is InChI=1S/C16H23NO/c1-18-13-7-5-6-12-8-9-14(17)16(15(12)13)10-3-2-4-11-16/h5-7,14H,2-4,8-11,17H2,1H3. The summed E-state index contributed by atoms with van der Waals surface area (Å²) < 4.78 is 5.63. The molecule has 98 valence electrons. The van der Waals surface area contributed by atoms with E-state index in [1.54, 1.807) is 7.11 Å². The molecule has 0 saturated heterocycles.